The molecule has 5 N–H and O–H groups in total. The summed E-state index contributed by atoms with van der Waals surface area (Å²) in [7, 11) is 0. The van der Waals surface area contributed by atoms with Gasteiger partial charge in [0.25, 0.3) is 0 Å². The van der Waals surface area contributed by atoms with Crippen molar-refractivity contribution in [2.24, 2.45) is 11.7 Å². The molecule has 0 bridgehead atoms. The third-order valence-electron chi connectivity index (χ3n) is 6.45. The normalized spacial score (nSPS) is 13.3. The summed E-state index contributed by atoms with van der Waals surface area (Å²) < 4.78 is 38.0. The molecular weight excluding hydrogens is 588 g/mol. The highest BCUT2D eigenvalue weighted by Gasteiger charge is 2.28. The summed E-state index contributed by atoms with van der Waals surface area (Å²) >= 11 is 6.04. The fraction of sp³-hybridized carbons (Fsp3) is 0.379. The number of carbonyl (C=O) groups excluding carboxylic acids is 3. The predicted molar refractivity (Wildman–Crippen MR) is 156 cm³/mol. The third-order valence-corrected chi connectivity index (χ3v) is 6.87. The summed E-state index contributed by atoms with van der Waals surface area (Å²) in [6.45, 7) is 3.79. The van der Waals surface area contributed by atoms with Crippen molar-refractivity contribution in [1.29, 1.82) is 0 Å². The minimum absolute atomic E-state index is 0.0786. The van der Waals surface area contributed by atoms with Crippen molar-refractivity contribution in [2.75, 3.05) is 18.5 Å². The Bertz CT molecular complexity index is 1450. The van der Waals surface area contributed by atoms with Crippen molar-refractivity contribution < 1.29 is 37.7 Å². The smallest absolute Gasteiger partial charge is 0.412 e. The van der Waals surface area contributed by atoms with Crippen molar-refractivity contribution in [3.05, 3.63) is 70.9 Å². The SMILES string of the molecule is CC(=O)N(NCc1cccc(F)c1Cl)[C@H](COC(=O)Nc1cc2cc(F)ccc2cn1)CC(O)COC(=O)[C@@H](N)C(C)C. The number of aliphatic hydroxyl groups excluding tert-OH is 1. The average molecular weight is 622 g/mol. The van der Waals surface area contributed by atoms with Gasteiger partial charge in [0, 0.05) is 31.5 Å². The second kappa shape index (κ2) is 15.5. The van der Waals surface area contributed by atoms with Crippen LogP contribution in [0.2, 0.25) is 5.02 Å². The molecule has 0 aliphatic carbocycles. The summed E-state index contributed by atoms with van der Waals surface area (Å²) in [4.78, 5) is 41.5. The Morgan fingerprint density at radius 1 is 1.09 bits per heavy atom. The van der Waals surface area contributed by atoms with Crippen LogP contribution in [0.3, 0.4) is 0 Å². The molecule has 1 heterocycles. The van der Waals surface area contributed by atoms with Crippen molar-refractivity contribution in [3.63, 3.8) is 0 Å². The third kappa shape index (κ3) is 9.82. The first-order valence-electron chi connectivity index (χ1n) is 13.4. The highest BCUT2D eigenvalue weighted by Crippen LogP contribution is 2.21. The first kappa shape index (κ1) is 33.6. The molecule has 2 aromatic carbocycles. The van der Waals surface area contributed by atoms with Crippen LogP contribution < -0.4 is 16.5 Å². The zero-order valence-electron chi connectivity index (χ0n) is 23.9. The van der Waals surface area contributed by atoms with E-state index in [0.717, 1.165) is 5.01 Å². The first-order valence-corrected chi connectivity index (χ1v) is 13.8. The lowest BCUT2D eigenvalue weighted by Gasteiger charge is -2.32. The maximum atomic E-state index is 13.9. The zero-order chi connectivity index (χ0) is 31.7. The van der Waals surface area contributed by atoms with Crippen LogP contribution in [0.1, 0.15) is 32.8 Å². The van der Waals surface area contributed by atoms with Gasteiger partial charge in [-0.2, -0.15) is 0 Å². The molecule has 3 aromatic rings. The molecule has 0 spiro atoms. The van der Waals surface area contributed by atoms with Crippen molar-refractivity contribution in [1.82, 2.24) is 15.4 Å². The number of ether oxygens (including phenoxy) is 2. The Morgan fingerprint density at radius 3 is 2.53 bits per heavy atom. The fourth-order valence-corrected chi connectivity index (χ4v) is 4.22. The first-order chi connectivity index (χ1) is 20.3. The Kier molecular flexibility index (Phi) is 12.1. The van der Waals surface area contributed by atoms with E-state index in [9.17, 15) is 28.3 Å². The number of rotatable bonds is 13. The predicted octanol–water partition coefficient (Wildman–Crippen LogP) is 3.91. The van der Waals surface area contributed by atoms with Gasteiger partial charge >= 0.3 is 12.1 Å². The minimum Gasteiger partial charge on any atom is -0.462 e. The molecule has 0 fully saturated rings. The van der Waals surface area contributed by atoms with Gasteiger partial charge in [0.15, 0.2) is 0 Å². The lowest BCUT2D eigenvalue weighted by molar-refractivity contribution is -0.150. The molecule has 43 heavy (non-hydrogen) atoms. The number of hydrogen-bond donors (Lipinski definition) is 4. The monoisotopic (exact) mass is 621 g/mol. The average Bonchev–Trinajstić information content (AvgIpc) is 2.95. The number of esters is 1. The van der Waals surface area contributed by atoms with E-state index in [4.69, 9.17) is 26.8 Å². The Hall–Kier alpha value is -3.91. The van der Waals surface area contributed by atoms with Crippen LogP contribution in [0.4, 0.5) is 19.4 Å². The van der Waals surface area contributed by atoms with Crippen LogP contribution in [0.5, 0.6) is 0 Å². The highest BCUT2D eigenvalue weighted by atomic mass is 35.5. The molecule has 3 rings (SSSR count). The topological polar surface area (TPSA) is 156 Å². The van der Waals surface area contributed by atoms with E-state index in [1.807, 2.05) is 0 Å². The van der Waals surface area contributed by atoms with E-state index in [1.165, 1.54) is 43.5 Å². The number of pyridine rings is 1. The van der Waals surface area contributed by atoms with Gasteiger partial charge in [0.1, 0.15) is 36.7 Å². The quantitative estimate of drug-likeness (QED) is 0.164. The maximum Gasteiger partial charge on any atom is 0.412 e. The second-order valence-corrected chi connectivity index (χ2v) is 10.5. The highest BCUT2D eigenvalue weighted by molar-refractivity contribution is 6.31. The number of carbonyl (C=O) groups is 3. The molecule has 0 aliphatic rings. The van der Waals surface area contributed by atoms with Crippen LogP contribution in [0, 0.1) is 17.6 Å². The standard InChI is InChI=1S/C29H34ClF2N5O6/c1-16(2)27(33)28(40)42-15-23(39)11-22(37(17(3)38)35-13-19-5-4-6-24(32)26(19)30)14-43-29(41)36-25-10-20-9-21(31)8-7-18(20)12-34-25/h4-10,12,16,22-23,27,35,39H,11,13-15,33H2,1-3H3,(H,34,36,41)/t22-,23?,27-/m0/s1. The molecule has 0 aliphatic heterocycles. The summed E-state index contributed by atoms with van der Waals surface area (Å²) in [6.07, 6.45) is -0.962. The van der Waals surface area contributed by atoms with Gasteiger partial charge in [-0.05, 0) is 47.2 Å². The van der Waals surface area contributed by atoms with E-state index < -0.39 is 61.0 Å². The molecular formula is C29H34ClF2N5O6. The number of halogens is 3. The molecule has 232 valence electrons. The van der Waals surface area contributed by atoms with Gasteiger partial charge in [-0.25, -0.2) is 24.0 Å². The second-order valence-electron chi connectivity index (χ2n) is 10.2. The van der Waals surface area contributed by atoms with E-state index in [-0.39, 0.29) is 29.7 Å². The summed E-state index contributed by atoms with van der Waals surface area (Å²) in [5.74, 6) is -2.42. The lowest BCUT2D eigenvalue weighted by atomic mass is 10.1. The van der Waals surface area contributed by atoms with E-state index >= 15 is 0 Å². The number of anilines is 1. The largest absolute Gasteiger partial charge is 0.462 e. The number of amides is 2. The number of nitrogens with two attached hydrogens (primary N) is 1. The van der Waals surface area contributed by atoms with E-state index in [2.05, 4.69) is 15.7 Å². The van der Waals surface area contributed by atoms with E-state index in [0.29, 0.717) is 16.3 Å². The summed E-state index contributed by atoms with van der Waals surface area (Å²) in [5.41, 5.74) is 8.98. The van der Waals surface area contributed by atoms with Gasteiger partial charge in [0.2, 0.25) is 5.91 Å². The molecule has 1 unspecified atom stereocenters. The van der Waals surface area contributed by atoms with Gasteiger partial charge < -0.3 is 20.3 Å². The van der Waals surface area contributed by atoms with Crippen LogP contribution in [-0.4, -0.2) is 64.5 Å². The van der Waals surface area contributed by atoms with Crippen molar-refractivity contribution in [3.8, 4) is 0 Å². The molecule has 2 amide bonds. The number of hydrazine groups is 1. The van der Waals surface area contributed by atoms with Gasteiger partial charge in [-0.15, -0.1) is 0 Å². The summed E-state index contributed by atoms with van der Waals surface area (Å²) in [5, 5.41) is 15.2. The maximum absolute atomic E-state index is 13.9. The zero-order valence-corrected chi connectivity index (χ0v) is 24.6. The Morgan fingerprint density at radius 2 is 1.84 bits per heavy atom. The summed E-state index contributed by atoms with van der Waals surface area (Å²) in [6, 6.07) is 7.91. The van der Waals surface area contributed by atoms with Gasteiger partial charge in [0.05, 0.1) is 17.2 Å². The van der Waals surface area contributed by atoms with Crippen LogP contribution in [0.15, 0.2) is 48.7 Å². The molecule has 0 saturated carbocycles. The van der Waals surface area contributed by atoms with Crippen LogP contribution in [-0.2, 0) is 25.6 Å². The Labute approximate surface area is 252 Å². The van der Waals surface area contributed by atoms with Crippen molar-refractivity contribution in [2.45, 2.75) is 51.9 Å². The number of aliphatic hydroxyl groups is 1. The van der Waals surface area contributed by atoms with Gasteiger partial charge in [-0.3, -0.25) is 19.9 Å². The number of nitrogens with one attached hydrogen (secondary N) is 2. The fourth-order valence-electron chi connectivity index (χ4n) is 4.02. The number of hydrogen-bond acceptors (Lipinski definition) is 9. The molecule has 14 heteroatoms. The molecule has 0 radical (unpaired) electrons. The van der Waals surface area contributed by atoms with Gasteiger partial charge in [-0.1, -0.05) is 37.6 Å². The van der Waals surface area contributed by atoms with Crippen molar-refractivity contribution >= 4 is 46.2 Å². The number of benzene rings is 2. The number of fused-ring (bicyclic) bond motifs is 1. The molecule has 11 nitrogen and oxygen atoms in total. The number of aromatic nitrogens is 1. The lowest BCUT2D eigenvalue weighted by Crippen LogP contribution is -2.52. The minimum atomic E-state index is -1.28. The molecule has 3 atom stereocenters. The molecule has 1 aromatic heterocycles. The van der Waals surface area contributed by atoms with Crippen LogP contribution in [0.25, 0.3) is 10.8 Å². The molecule has 0 saturated heterocycles. The Balaban J connectivity index is 1.72. The van der Waals surface area contributed by atoms with Crippen LogP contribution >= 0.6 is 11.6 Å². The number of nitrogens with zero attached hydrogens (tertiary/aromatic N) is 2. The van der Waals surface area contributed by atoms with E-state index in [1.54, 1.807) is 26.0 Å².